The molecular formula is C12H6F2N2O6S. The Morgan fingerprint density at radius 2 is 1.48 bits per heavy atom. The number of sulfone groups is 1. The minimum atomic E-state index is -4.58. The number of hydrogen-bond donors (Lipinski definition) is 0. The highest BCUT2D eigenvalue weighted by atomic mass is 32.2. The van der Waals surface area contributed by atoms with E-state index in [4.69, 9.17) is 0 Å². The molecule has 23 heavy (non-hydrogen) atoms. The Morgan fingerprint density at radius 1 is 0.870 bits per heavy atom. The van der Waals surface area contributed by atoms with Gasteiger partial charge in [-0.3, -0.25) is 20.2 Å². The predicted octanol–water partition coefficient (Wildman–Crippen LogP) is 2.61. The van der Waals surface area contributed by atoms with Crippen molar-refractivity contribution in [2.75, 3.05) is 0 Å². The molecule has 2 aromatic carbocycles. The molecule has 0 radical (unpaired) electrons. The van der Waals surface area contributed by atoms with Crippen LogP contribution < -0.4 is 0 Å². The Hall–Kier alpha value is -2.95. The van der Waals surface area contributed by atoms with Crippen molar-refractivity contribution in [2.45, 2.75) is 9.79 Å². The average Bonchev–Trinajstić information content (AvgIpc) is 2.46. The van der Waals surface area contributed by atoms with Crippen LogP contribution in [0.25, 0.3) is 0 Å². The van der Waals surface area contributed by atoms with Crippen molar-refractivity contribution in [1.29, 1.82) is 0 Å². The fourth-order valence-corrected chi connectivity index (χ4v) is 3.21. The Balaban J connectivity index is 2.71. The minimum absolute atomic E-state index is 0.408. The largest absolute Gasteiger partial charge is 0.306 e. The van der Waals surface area contributed by atoms with E-state index in [1.54, 1.807) is 0 Å². The van der Waals surface area contributed by atoms with Gasteiger partial charge in [0.2, 0.25) is 15.7 Å². The molecule has 0 aliphatic heterocycles. The van der Waals surface area contributed by atoms with E-state index in [2.05, 4.69) is 0 Å². The van der Waals surface area contributed by atoms with Crippen molar-refractivity contribution in [3.8, 4) is 0 Å². The van der Waals surface area contributed by atoms with E-state index in [9.17, 15) is 37.4 Å². The molecule has 0 aliphatic carbocycles. The third-order valence-corrected chi connectivity index (χ3v) is 4.63. The van der Waals surface area contributed by atoms with Crippen molar-refractivity contribution < 1.29 is 27.0 Å². The fraction of sp³-hybridized carbons (Fsp3) is 0. The molecule has 8 nitrogen and oxygen atoms in total. The van der Waals surface area contributed by atoms with Crippen LogP contribution in [0.5, 0.6) is 0 Å². The van der Waals surface area contributed by atoms with Crippen LogP contribution in [0.1, 0.15) is 0 Å². The quantitative estimate of drug-likeness (QED) is 0.477. The summed E-state index contributed by atoms with van der Waals surface area (Å²) in [6.07, 6.45) is 0. The Bertz CT molecular complexity index is 929. The number of nitro groups is 2. The maximum atomic E-state index is 13.3. The first-order chi connectivity index (χ1) is 10.6. The van der Waals surface area contributed by atoms with Crippen LogP contribution >= 0.6 is 0 Å². The SMILES string of the molecule is O=[N+]([O-])c1cc(S(=O)(=O)c2ccc(F)cc2[N+](=O)[O-])ccc1F. The molecule has 0 unspecified atom stereocenters. The standard InChI is InChI=1S/C12H6F2N2O6S/c13-7-1-4-12(11(5-7)16(19)20)23(21,22)8-2-3-9(14)10(6-8)15(17)18/h1-6H. The summed E-state index contributed by atoms with van der Waals surface area (Å²) in [4.78, 5) is 17.7. The van der Waals surface area contributed by atoms with Gasteiger partial charge in [0.15, 0.2) is 0 Å². The maximum Gasteiger partial charge on any atom is 0.306 e. The van der Waals surface area contributed by atoms with Gasteiger partial charge in [-0.25, -0.2) is 12.8 Å². The lowest BCUT2D eigenvalue weighted by molar-refractivity contribution is -0.388. The van der Waals surface area contributed by atoms with Gasteiger partial charge in [-0.2, -0.15) is 4.39 Å². The van der Waals surface area contributed by atoms with E-state index in [1.165, 1.54) is 0 Å². The molecule has 0 aromatic heterocycles. The Morgan fingerprint density at radius 3 is 2.04 bits per heavy atom. The molecule has 2 rings (SSSR count). The van der Waals surface area contributed by atoms with Crippen molar-refractivity contribution in [1.82, 2.24) is 0 Å². The summed E-state index contributed by atoms with van der Waals surface area (Å²) >= 11 is 0. The van der Waals surface area contributed by atoms with Crippen LogP contribution in [0.3, 0.4) is 0 Å². The normalized spacial score (nSPS) is 11.2. The van der Waals surface area contributed by atoms with Gasteiger partial charge in [0.1, 0.15) is 10.7 Å². The third-order valence-electron chi connectivity index (χ3n) is 2.83. The van der Waals surface area contributed by atoms with Gasteiger partial charge >= 0.3 is 5.69 Å². The van der Waals surface area contributed by atoms with Crippen LogP contribution in [0.4, 0.5) is 20.2 Å². The van der Waals surface area contributed by atoms with Crippen LogP contribution in [0.15, 0.2) is 46.2 Å². The zero-order chi connectivity index (χ0) is 17.4. The molecule has 0 fully saturated rings. The summed E-state index contributed by atoms with van der Waals surface area (Å²) in [7, 11) is -4.58. The van der Waals surface area contributed by atoms with Gasteiger partial charge in [0, 0.05) is 6.07 Å². The molecule has 0 atom stereocenters. The molecule has 0 aliphatic rings. The molecular weight excluding hydrogens is 338 g/mol. The van der Waals surface area contributed by atoms with Crippen molar-refractivity contribution in [3.05, 3.63) is 68.3 Å². The van der Waals surface area contributed by atoms with Crippen LogP contribution in [0.2, 0.25) is 0 Å². The molecule has 0 amide bonds. The number of benzene rings is 2. The summed E-state index contributed by atoms with van der Waals surface area (Å²) < 4.78 is 51.1. The van der Waals surface area contributed by atoms with Gasteiger partial charge in [0.05, 0.1) is 20.8 Å². The lowest BCUT2D eigenvalue weighted by atomic mass is 10.3. The summed E-state index contributed by atoms with van der Waals surface area (Å²) in [5.74, 6) is -2.29. The molecule has 0 saturated carbocycles. The van der Waals surface area contributed by atoms with Gasteiger partial charge in [-0.05, 0) is 24.3 Å². The molecule has 0 N–H and O–H groups in total. The predicted molar refractivity (Wildman–Crippen MR) is 71.6 cm³/mol. The van der Waals surface area contributed by atoms with Crippen molar-refractivity contribution >= 4 is 21.2 Å². The van der Waals surface area contributed by atoms with Gasteiger partial charge in [-0.15, -0.1) is 0 Å². The van der Waals surface area contributed by atoms with Gasteiger partial charge in [0.25, 0.3) is 5.69 Å². The summed E-state index contributed by atoms with van der Waals surface area (Å²) in [5.41, 5.74) is -2.13. The zero-order valence-electron chi connectivity index (χ0n) is 11.0. The third kappa shape index (κ3) is 2.99. The molecule has 120 valence electrons. The highest BCUT2D eigenvalue weighted by molar-refractivity contribution is 7.91. The summed E-state index contributed by atoms with van der Waals surface area (Å²) in [5, 5.41) is 21.6. The van der Waals surface area contributed by atoms with Crippen LogP contribution in [-0.4, -0.2) is 18.3 Å². The van der Waals surface area contributed by atoms with Crippen LogP contribution in [-0.2, 0) is 9.84 Å². The van der Waals surface area contributed by atoms with E-state index < -0.39 is 52.5 Å². The first-order valence-corrected chi connectivity index (χ1v) is 7.26. The number of hydrogen-bond acceptors (Lipinski definition) is 6. The Kier molecular flexibility index (Phi) is 4.06. The van der Waals surface area contributed by atoms with Gasteiger partial charge in [-0.1, -0.05) is 0 Å². The smallest absolute Gasteiger partial charge is 0.258 e. The van der Waals surface area contributed by atoms with Crippen LogP contribution in [0, 0.1) is 31.9 Å². The van der Waals surface area contributed by atoms with Crippen molar-refractivity contribution in [2.24, 2.45) is 0 Å². The highest BCUT2D eigenvalue weighted by Crippen LogP contribution is 2.32. The molecule has 0 heterocycles. The molecule has 11 heteroatoms. The lowest BCUT2D eigenvalue weighted by Crippen LogP contribution is -2.07. The monoisotopic (exact) mass is 344 g/mol. The number of nitrogens with zero attached hydrogens (tertiary/aromatic N) is 2. The molecule has 2 aromatic rings. The molecule has 0 spiro atoms. The number of nitro benzene ring substituents is 2. The molecule has 0 saturated heterocycles. The highest BCUT2D eigenvalue weighted by Gasteiger charge is 2.30. The average molecular weight is 344 g/mol. The minimum Gasteiger partial charge on any atom is -0.258 e. The second kappa shape index (κ2) is 5.68. The lowest BCUT2D eigenvalue weighted by Gasteiger charge is -2.06. The van der Waals surface area contributed by atoms with E-state index in [-0.39, 0.29) is 0 Å². The second-order valence-corrected chi connectivity index (χ2v) is 6.16. The first kappa shape index (κ1) is 16.4. The fourth-order valence-electron chi connectivity index (χ4n) is 1.79. The van der Waals surface area contributed by atoms with Gasteiger partial charge < -0.3 is 0 Å². The second-order valence-electron chi connectivity index (χ2n) is 4.24. The summed E-state index contributed by atoms with van der Waals surface area (Å²) in [6.45, 7) is 0. The topological polar surface area (TPSA) is 120 Å². The summed E-state index contributed by atoms with van der Waals surface area (Å²) in [6, 6.07) is 3.49. The van der Waals surface area contributed by atoms with E-state index in [0.717, 1.165) is 6.07 Å². The first-order valence-electron chi connectivity index (χ1n) is 5.77. The maximum absolute atomic E-state index is 13.3. The molecule has 0 bridgehead atoms. The number of halogens is 2. The Labute approximate surface area is 127 Å². The zero-order valence-corrected chi connectivity index (χ0v) is 11.8. The van der Waals surface area contributed by atoms with E-state index >= 15 is 0 Å². The van der Waals surface area contributed by atoms with E-state index in [1.807, 2.05) is 0 Å². The van der Waals surface area contributed by atoms with E-state index in [0.29, 0.717) is 30.3 Å². The number of rotatable bonds is 4. The van der Waals surface area contributed by atoms with Crippen molar-refractivity contribution in [3.63, 3.8) is 0 Å².